The molecular formula is C14H18N2O. The van der Waals surface area contributed by atoms with Crippen LogP contribution in [0.2, 0.25) is 0 Å². The molecule has 0 spiro atoms. The zero-order valence-corrected chi connectivity index (χ0v) is 10.7. The first-order chi connectivity index (χ1) is 8.10. The van der Waals surface area contributed by atoms with Crippen LogP contribution in [0.5, 0.6) is 5.75 Å². The van der Waals surface area contributed by atoms with Gasteiger partial charge in [0.15, 0.2) is 0 Å². The van der Waals surface area contributed by atoms with Gasteiger partial charge in [0.25, 0.3) is 0 Å². The molecule has 0 aliphatic rings. The highest BCUT2D eigenvalue weighted by Gasteiger charge is 2.06. The maximum Gasteiger partial charge on any atom is 0.145 e. The van der Waals surface area contributed by atoms with Gasteiger partial charge < -0.3 is 10.1 Å². The van der Waals surface area contributed by atoms with Crippen LogP contribution < -0.4 is 10.1 Å². The number of anilines is 1. The molecule has 0 fully saturated rings. The van der Waals surface area contributed by atoms with Gasteiger partial charge in [-0.15, -0.1) is 0 Å². The fraction of sp³-hybridized carbons (Fsp3) is 0.357. The van der Waals surface area contributed by atoms with Gasteiger partial charge >= 0.3 is 0 Å². The van der Waals surface area contributed by atoms with Crippen molar-refractivity contribution in [1.29, 1.82) is 0 Å². The number of nitrogens with one attached hydrogen (secondary N) is 1. The molecule has 0 radical (unpaired) electrons. The number of hydrogen-bond acceptors (Lipinski definition) is 3. The quantitative estimate of drug-likeness (QED) is 0.877. The molecule has 2 aromatic rings. The van der Waals surface area contributed by atoms with Crippen LogP contribution in [-0.2, 0) is 0 Å². The summed E-state index contributed by atoms with van der Waals surface area (Å²) in [5, 5.41) is 4.40. The molecule has 0 unspecified atom stereocenters. The van der Waals surface area contributed by atoms with Gasteiger partial charge in [0.05, 0.1) is 7.11 Å². The van der Waals surface area contributed by atoms with Crippen molar-refractivity contribution in [2.24, 2.45) is 0 Å². The van der Waals surface area contributed by atoms with Gasteiger partial charge in [0.2, 0.25) is 0 Å². The van der Waals surface area contributed by atoms with E-state index in [9.17, 15) is 0 Å². The van der Waals surface area contributed by atoms with E-state index in [0.717, 1.165) is 22.5 Å². The molecule has 0 amide bonds. The first kappa shape index (κ1) is 11.7. The maximum atomic E-state index is 5.38. The van der Waals surface area contributed by atoms with Gasteiger partial charge in [-0.1, -0.05) is 0 Å². The Morgan fingerprint density at radius 1 is 1.24 bits per heavy atom. The Morgan fingerprint density at radius 3 is 2.65 bits per heavy atom. The molecule has 2 rings (SSSR count). The van der Waals surface area contributed by atoms with Crippen LogP contribution in [0.25, 0.3) is 10.9 Å². The molecule has 0 bridgehead atoms. The summed E-state index contributed by atoms with van der Waals surface area (Å²) in [5.41, 5.74) is 2.09. The Labute approximate surface area is 102 Å². The van der Waals surface area contributed by atoms with Crippen molar-refractivity contribution in [3.05, 3.63) is 29.8 Å². The van der Waals surface area contributed by atoms with Crippen LogP contribution in [0.15, 0.2) is 24.3 Å². The van der Waals surface area contributed by atoms with Crippen molar-refractivity contribution in [1.82, 2.24) is 4.98 Å². The normalized spacial score (nSPS) is 10.9. The van der Waals surface area contributed by atoms with Crippen molar-refractivity contribution < 1.29 is 4.74 Å². The summed E-state index contributed by atoms with van der Waals surface area (Å²) in [4.78, 5) is 4.59. The fourth-order valence-corrected chi connectivity index (χ4v) is 1.88. The topological polar surface area (TPSA) is 34.1 Å². The summed E-state index contributed by atoms with van der Waals surface area (Å²) in [6, 6.07) is 8.57. The number of aromatic nitrogens is 1. The molecule has 3 heteroatoms. The molecule has 1 aromatic heterocycles. The zero-order chi connectivity index (χ0) is 12.4. The van der Waals surface area contributed by atoms with E-state index >= 15 is 0 Å². The molecule has 0 saturated carbocycles. The number of aryl methyl sites for hydroxylation is 1. The second-order valence-electron chi connectivity index (χ2n) is 4.53. The number of ether oxygens (including phenoxy) is 1. The second-order valence-corrected chi connectivity index (χ2v) is 4.53. The Hall–Kier alpha value is -1.77. The molecule has 0 atom stereocenters. The average molecular weight is 230 g/mol. The van der Waals surface area contributed by atoms with Gasteiger partial charge in [-0.2, -0.15) is 0 Å². The number of fused-ring (bicyclic) bond motifs is 1. The number of rotatable bonds is 3. The van der Waals surface area contributed by atoms with E-state index in [-0.39, 0.29) is 0 Å². The van der Waals surface area contributed by atoms with Gasteiger partial charge in [-0.3, -0.25) is 0 Å². The molecule has 0 aliphatic heterocycles. The molecule has 0 saturated heterocycles. The van der Waals surface area contributed by atoms with Crippen molar-refractivity contribution in [3.8, 4) is 5.75 Å². The van der Waals surface area contributed by atoms with Crippen molar-refractivity contribution in [3.63, 3.8) is 0 Å². The van der Waals surface area contributed by atoms with Crippen molar-refractivity contribution >= 4 is 16.7 Å². The summed E-state index contributed by atoms with van der Waals surface area (Å²) in [6.45, 7) is 6.25. The van der Waals surface area contributed by atoms with Crippen LogP contribution in [0.4, 0.5) is 5.82 Å². The smallest absolute Gasteiger partial charge is 0.145 e. The lowest BCUT2D eigenvalue weighted by Gasteiger charge is -2.11. The number of nitrogens with zero attached hydrogens (tertiary/aromatic N) is 1. The minimum absolute atomic E-state index is 0.372. The average Bonchev–Trinajstić information content (AvgIpc) is 2.27. The predicted molar refractivity (Wildman–Crippen MR) is 71.8 cm³/mol. The lowest BCUT2D eigenvalue weighted by atomic mass is 10.1. The summed E-state index contributed by atoms with van der Waals surface area (Å²) in [5.74, 6) is 1.71. The number of pyridine rings is 1. The lowest BCUT2D eigenvalue weighted by molar-refractivity contribution is 0.418. The van der Waals surface area contributed by atoms with E-state index < -0.39 is 0 Å². The molecule has 1 heterocycles. The molecule has 3 nitrogen and oxygen atoms in total. The number of methoxy groups -OCH3 is 1. The third kappa shape index (κ3) is 2.49. The first-order valence-electron chi connectivity index (χ1n) is 5.82. The van der Waals surface area contributed by atoms with Crippen molar-refractivity contribution in [2.75, 3.05) is 12.4 Å². The standard InChI is InChI=1S/C14H18N2O/c1-9(2)15-13-6-5-11-7-10(3)8-12(17-4)14(11)16-13/h5-9H,1-4H3,(H,15,16). The number of hydrogen-bond donors (Lipinski definition) is 1. The highest BCUT2D eigenvalue weighted by atomic mass is 16.5. The Balaban J connectivity index is 2.55. The highest BCUT2D eigenvalue weighted by Crippen LogP contribution is 2.27. The molecule has 1 aromatic carbocycles. The van der Waals surface area contributed by atoms with Crippen LogP contribution in [0, 0.1) is 6.92 Å². The Kier molecular flexibility index (Phi) is 3.18. The highest BCUT2D eigenvalue weighted by molar-refractivity contribution is 5.86. The van der Waals surface area contributed by atoms with Crippen molar-refractivity contribution in [2.45, 2.75) is 26.8 Å². The van der Waals surface area contributed by atoms with E-state index in [1.54, 1.807) is 7.11 Å². The lowest BCUT2D eigenvalue weighted by Crippen LogP contribution is -2.10. The molecule has 17 heavy (non-hydrogen) atoms. The third-order valence-corrected chi connectivity index (χ3v) is 2.56. The fourth-order valence-electron chi connectivity index (χ4n) is 1.88. The van der Waals surface area contributed by atoms with Gasteiger partial charge in [-0.25, -0.2) is 4.98 Å². The summed E-state index contributed by atoms with van der Waals surface area (Å²) in [6.07, 6.45) is 0. The predicted octanol–water partition coefficient (Wildman–Crippen LogP) is 3.37. The van der Waals surface area contributed by atoms with Gasteiger partial charge in [0.1, 0.15) is 17.1 Å². The van der Waals surface area contributed by atoms with Crippen LogP contribution >= 0.6 is 0 Å². The minimum Gasteiger partial charge on any atom is -0.494 e. The maximum absolute atomic E-state index is 5.38. The monoisotopic (exact) mass is 230 g/mol. The van der Waals surface area contributed by atoms with E-state index in [0.29, 0.717) is 6.04 Å². The second kappa shape index (κ2) is 4.62. The first-order valence-corrected chi connectivity index (χ1v) is 5.82. The van der Waals surface area contributed by atoms with Gasteiger partial charge in [0, 0.05) is 11.4 Å². The molecular weight excluding hydrogens is 212 g/mol. The summed E-state index contributed by atoms with van der Waals surface area (Å²) >= 11 is 0. The number of benzene rings is 1. The van der Waals surface area contributed by atoms with Crippen LogP contribution in [0.3, 0.4) is 0 Å². The Morgan fingerprint density at radius 2 is 2.00 bits per heavy atom. The van der Waals surface area contributed by atoms with E-state index in [4.69, 9.17) is 4.74 Å². The minimum atomic E-state index is 0.372. The van der Waals surface area contributed by atoms with Crippen LogP contribution in [0.1, 0.15) is 19.4 Å². The SMILES string of the molecule is COc1cc(C)cc2ccc(NC(C)C)nc12. The van der Waals surface area contributed by atoms with Gasteiger partial charge in [-0.05, 0) is 50.6 Å². The van der Waals surface area contributed by atoms with Crippen LogP contribution in [-0.4, -0.2) is 18.1 Å². The third-order valence-electron chi connectivity index (χ3n) is 2.56. The van der Waals surface area contributed by atoms with E-state index in [1.807, 2.05) is 12.1 Å². The van der Waals surface area contributed by atoms with E-state index in [1.165, 1.54) is 5.56 Å². The zero-order valence-electron chi connectivity index (χ0n) is 10.7. The van der Waals surface area contributed by atoms with E-state index in [2.05, 4.69) is 43.2 Å². The Bertz CT molecular complexity index is 535. The summed E-state index contributed by atoms with van der Waals surface area (Å²) < 4.78 is 5.38. The molecule has 90 valence electrons. The molecule has 1 N–H and O–H groups in total. The largest absolute Gasteiger partial charge is 0.494 e. The summed E-state index contributed by atoms with van der Waals surface area (Å²) in [7, 11) is 1.68. The molecule has 0 aliphatic carbocycles.